The van der Waals surface area contributed by atoms with Crippen LogP contribution in [0.4, 0.5) is 23.3 Å². The van der Waals surface area contributed by atoms with Gasteiger partial charge in [0.1, 0.15) is 0 Å². The summed E-state index contributed by atoms with van der Waals surface area (Å²) in [5.41, 5.74) is 1.31. The number of para-hydroxylation sites is 2. The van der Waals surface area contributed by atoms with Gasteiger partial charge in [0, 0.05) is 11.4 Å². The lowest BCUT2D eigenvalue weighted by atomic mass is 10.1. The van der Waals surface area contributed by atoms with Gasteiger partial charge >= 0.3 is 11.9 Å². The van der Waals surface area contributed by atoms with Gasteiger partial charge in [0.25, 0.3) is 0 Å². The molecule has 0 unspecified atom stereocenters. The number of aliphatic carboxylic acids is 2. The minimum absolute atomic E-state index is 0.0251. The molecule has 9 heteroatoms. The molecule has 0 aliphatic heterocycles. The molecular weight excluding hydrogens is 350 g/mol. The Labute approximate surface area is 153 Å². The molecule has 0 atom stereocenters. The third-order valence-corrected chi connectivity index (χ3v) is 3.46. The van der Waals surface area contributed by atoms with Crippen LogP contribution in [0.5, 0.6) is 0 Å². The highest BCUT2D eigenvalue weighted by atomic mass is 16.4. The van der Waals surface area contributed by atoms with Crippen LogP contribution in [0.15, 0.2) is 60.7 Å². The topological polar surface area (TPSA) is 137 Å². The molecule has 0 aliphatic rings. The molecule has 136 valence electrons. The van der Waals surface area contributed by atoms with Crippen molar-refractivity contribution in [3.8, 4) is 0 Å². The van der Waals surface area contributed by atoms with Crippen molar-refractivity contribution in [2.75, 3.05) is 10.6 Å². The molecule has 0 amide bonds. The van der Waals surface area contributed by atoms with Crippen molar-refractivity contribution >= 4 is 35.2 Å². The fraction of sp³-hybridized carbons (Fsp3) is 0.0556. The highest BCUT2D eigenvalue weighted by Gasteiger charge is 2.32. The molecule has 0 spiro atoms. The van der Waals surface area contributed by atoms with E-state index in [4.69, 9.17) is 0 Å². The molecular formula is C18H15N5O4. The second kappa shape index (κ2) is 7.91. The van der Waals surface area contributed by atoms with Gasteiger partial charge in [0.05, 0.1) is 0 Å². The summed E-state index contributed by atoms with van der Waals surface area (Å²) >= 11 is 0. The van der Waals surface area contributed by atoms with E-state index in [0.29, 0.717) is 11.4 Å². The second-order valence-electron chi connectivity index (χ2n) is 5.43. The third kappa shape index (κ3) is 4.54. The van der Waals surface area contributed by atoms with Gasteiger partial charge in [-0.15, -0.1) is 0 Å². The normalized spacial score (nSPS) is 10.4. The molecule has 0 bridgehead atoms. The quantitative estimate of drug-likeness (QED) is 0.465. The Kier molecular flexibility index (Phi) is 5.22. The van der Waals surface area contributed by atoms with Crippen LogP contribution in [0.25, 0.3) is 0 Å². The minimum Gasteiger partial charge on any atom is -0.480 e. The lowest BCUT2D eigenvalue weighted by Crippen LogP contribution is -2.24. The van der Waals surface area contributed by atoms with E-state index in [1.165, 1.54) is 0 Å². The first kappa shape index (κ1) is 17.8. The van der Waals surface area contributed by atoms with E-state index >= 15 is 0 Å². The lowest BCUT2D eigenvalue weighted by molar-refractivity contribution is -0.150. The summed E-state index contributed by atoms with van der Waals surface area (Å²) in [5, 5.41) is 24.3. The maximum Gasteiger partial charge on any atom is 0.325 e. The zero-order valence-electron chi connectivity index (χ0n) is 13.9. The molecule has 1 aromatic heterocycles. The molecule has 0 saturated carbocycles. The summed E-state index contributed by atoms with van der Waals surface area (Å²) in [6.07, 6.45) is 0. The van der Waals surface area contributed by atoms with Crippen LogP contribution >= 0.6 is 0 Å². The Morgan fingerprint density at radius 2 is 1.11 bits per heavy atom. The molecule has 3 rings (SSSR count). The van der Waals surface area contributed by atoms with Gasteiger partial charge in [-0.05, 0) is 24.3 Å². The first-order chi connectivity index (χ1) is 13.0. The van der Waals surface area contributed by atoms with Crippen molar-refractivity contribution < 1.29 is 19.8 Å². The summed E-state index contributed by atoms with van der Waals surface area (Å²) in [4.78, 5) is 34.9. The smallest absolute Gasteiger partial charge is 0.325 e. The summed E-state index contributed by atoms with van der Waals surface area (Å²) in [7, 11) is 0. The predicted octanol–water partition coefficient (Wildman–Crippen LogP) is 2.61. The van der Waals surface area contributed by atoms with Gasteiger partial charge in [-0.25, -0.2) is 0 Å². The molecule has 3 aromatic rings. The van der Waals surface area contributed by atoms with E-state index < -0.39 is 17.9 Å². The Morgan fingerprint density at radius 3 is 1.48 bits per heavy atom. The summed E-state index contributed by atoms with van der Waals surface area (Å²) in [5.74, 6) is -5.38. The number of hydrogen-bond donors (Lipinski definition) is 4. The van der Waals surface area contributed by atoms with Gasteiger partial charge in [-0.3, -0.25) is 9.59 Å². The maximum absolute atomic E-state index is 11.4. The number of rotatable bonds is 7. The van der Waals surface area contributed by atoms with E-state index in [0.717, 1.165) is 0 Å². The van der Waals surface area contributed by atoms with Gasteiger partial charge in [-0.1, -0.05) is 36.4 Å². The lowest BCUT2D eigenvalue weighted by Gasteiger charge is -2.12. The fourth-order valence-corrected chi connectivity index (χ4v) is 2.26. The summed E-state index contributed by atoms with van der Waals surface area (Å²) in [6.45, 7) is 0. The SMILES string of the molecule is O=C(O)C(C(=O)O)c1nc(Nc2ccccc2)nc(Nc2ccccc2)n1. The van der Waals surface area contributed by atoms with Crippen molar-refractivity contribution in [2.45, 2.75) is 5.92 Å². The Morgan fingerprint density at radius 1 is 0.704 bits per heavy atom. The van der Waals surface area contributed by atoms with Gasteiger partial charge in [-0.2, -0.15) is 15.0 Å². The zero-order valence-corrected chi connectivity index (χ0v) is 13.9. The van der Waals surface area contributed by atoms with Crippen LogP contribution < -0.4 is 10.6 Å². The Hall–Kier alpha value is -4.01. The standard InChI is InChI=1S/C18H15N5O4/c24-15(25)13(16(26)27)14-21-17(19-11-7-3-1-4-8-11)23-18(22-14)20-12-9-5-2-6-10-12/h1-10,13H,(H,24,25)(H,26,27)(H2,19,20,21,22,23). The van der Waals surface area contributed by atoms with Crippen molar-refractivity contribution in [3.63, 3.8) is 0 Å². The zero-order chi connectivity index (χ0) is 19.2. The van der Waals surface area contributed by atoms with Crippen molar-refractivity contribution in [1.29, 1.82) is 0 Å². The van der Waals surface area contributed by atoms with Crippen LogP contribution in [-0.4, -0.2) is 37.1 Å². The van der Waals surface area contributed by atoms with Gasteiger partial charge in [0.15, 0.2) is 5.82 Å². The number of carboxylic acids is 2. The van der Waals surface area contributed by atoms with Crippen molar-refractivity contribution in [3.05, 3.63) is 66.5 Å². The van der Waals surface area contributed by atoms with Crippen LogP contribution in [0, 0.1) is 0 Å². The fourth-order valence-electron chi connectivity index (χ4n) is 2.26. The molecule has 2 aromatic carbocycles. The first-order valence-corrected chi connectivity index (χ1v) is 7.88. The van der Waals surface area contributed by atoms with Crippen molar-refractivity contribution in [1.82, 2.24) is 15.0 Å². The molecule has 27 heavy (non-hydrogen) atoms. The Balaban J connectivity index is 2.01. The maximum atomic E-state index is 11.4. The predicted molar refractivity (Wildman–Crippen MR) is 97.3 cm³/mol. The van der Waals surface area contributed by atoms with Crippen LogP contribution in [-0.2, 0) is 9.59 Å². The van der Waals surface area contributed by atoms with E-state index in [-0.39, 0.29) is 17.7 Å². The molecule has 0 aliphatic carbocycles. The number of nitrogens with one attached hydrogen (secondary N) is 2. The van der Waals surface area contributed by atoms with E-state index in [1.54, 1.807) is 48.5 Å². The largest absolute Gasteiger partial charge is 0.480 e. The highest BCUT2D eigenvalue weighted by Crippen LogP contribution is 2.20. The number of nitrogens with zero attached hydrogens (tertiary/aromatic N) is 3. The van der Waals surface area contributed by atoms with Gasteiger partial charge in [0.2, 0.25) is 17.8 Å². The summed E-state index contributed by atoms with van der Waals surface area (Å²) in [6, 6.07) is 17.9. The molecule has 9 nitrogen and oxygen atoms in total. The number of carbonyl (C=O) groups is 2. The van der Waals surface area contributed by atoms with E-state index in [2.05, 4.69) is 25.6 Å². The highest BCUT2D eigenvalue weighted by molar-refractivity contribution is 5.98. The number of anilines is 4. The van der Waals surface area contributed by atoms with Crippen molar-refractivity contribution in [2.24, 2.45) is 0 Å². The Bertz CT molecular complexity index is 877. The van der Waals surface area contributed by atoms with E-state index in [1.807, 2.05) is 12.1 Å². The number of hydrogen-bond acceptors (Lipinski definition) is 7. The average molecular weight is 365 g/mol. The summed E-state index contributed by atoms with van der Waals surface area (Å²) < 4.78 is 0. The number of carboxylic acid groups (broad SMARTS) is 2. The van der Waals surface area contributed by atoms with Gasteiger partial charge < -0.3 is 20.8 Å². The third-order valence-electron chi connectivity index (χ3n) is 3.46. The van der Waals surface area contributed by atoms with Crippen LogP contribution in [0.2, 0.25) is 0 Å². The monoisotopic (exact) mass is 365 g/mol. The number of benzene rings is 2. The van der Waals surface area contributed by atoms with Crippen LogP contribution in [0.3, 0.4) is 0 Å². The molecule has 0 saturated heterocycles. The number of aromatic nitrogens is 3. The first-order valence-electron chi connectivity index (χ1n) is 7.88. The van der Waals surface area contributed by atoms with Crippen LogP contribution in [0.1, 0.15) is 11.7 Å². The molecule has 4 N–H and O–H groups in total. The van der Waals surface area contributed by atoms with E-state index in [9.17, 15) is 19.8 Å². The minimum atomic E-state index is -1.92. The molecule has 1 heterocycles. The molecule has 0 radical (unpaired) electrons. The average Bonchev–Trinajstić information content (AvgIpc) is 2.62. The molecule has 0 fully saturated rings. The second-order valence-corrected chi connectivity index (χ2v) is 5.43.